The van der Waals surface area contributed by atoms with Crippen molar-refractivity contribution in [1.29, 1.82) is 0 Å². The topological polar surface area (TPSA) is 194 Å². The Morgan fingerprint density at radius 2 is 1.53 bits per heavy atom. The average Bonchev–Trinajstić information content (AvgIpc) is 3.59. The van der Waals surface area contributed by atoms with Gasteiger partial charge in [-0.15, -0.1) is 0 Å². The van der Waals surface area contributed by atoms with E-state index in [9.17, 15) is 28.4 Å². The summed E-state index contributed by atoms with van der Waals surface area (Å²) >= 11 is 1.36. The highest BCUT2D eigenvalue weighted by Gasteiger charge is 2.37. The quantitative estimate of drug-likeness (QED) is 0.0698. The minimum absolute atomic E-state index is 0.119. The number of nitrogens with two attached hydrogens (primary N) is 1. The number of aliphatic carboxylic acids is 1. The minimum atomic E-state index is -1.09. The maximum atomic E-state index is 15.1. The van der Waals surface area contributed by atoms with Gasteiger partial charge in [0.1, 0.15) is 11.6 Å². The zero-order valence-corrected chi connectivity index (χ0v) is 34.9. The van der Waals surface area contributed by atoms with Crippen LogP contribution in [-0.4, -0.2) is 115 Å². The summed E-state index contributed by atoms with van der Waals surface area (Å²) in [5, 5.41) is 16.3. The molecular weight excluding hydrogens is 787 g/mol. The monoisotopic (exact) mass is 844 g/mol. The summed E-state index contributed by atoms with van der Waals surface area (Å²) < 4.78 is 42.3. The number of carbonyl (C=O) groups excluding carboxylic acids is 4. The molecule has 59 heavy (non-hydrogen) atoms. The van der Waals surface area contributed by atoms with Gasteiger partial charge in [0, 0.05) is 67.8 Å². The molecule has 0 unspecified atom stereocenters. The molecule has 0 saturated heterocycles. The van der Waals surface area contributed by atoms with E-state index in [0.717, 1.165) is 23.4 Å². The van der Waals surface area contributed by atoms with E-state index in [2.05, 4.69) is 16.0 Å². The number of hydrogen-bond donors (Lipinski definition) is 5. The SMILES string of the molecule is CC(C)(C)[C@H](c1cc(-c2cc(F)ccc2F)cn1Cc1ccccc1)N(CCCN)C(=O)CSCCC(=O)NCCOCCOCCNC(=O)CNC(=O)CCC(=O)O. The number of rotatable bonds is 27. The van der Waals surface area contributed by atoms with Crippen molar-refractivity contribution < 1.29 is 47.3 Å². The van der Waals surface area contributed by atoms with Gasteiger partial charge in [0.25, 0.3) is 0 Å². The van der Waals surface area contributed by atoms with Crippen LogP contribution in [0.2, 0.25) is 0 Å². The van der Waals surface area contributed by atoms with Gasteiger partial charge in [-0.3, -0.25) is 24.0 Å². The number of nitrogens with zero attached hydrogens (tertiary/aromatic N) is 2. The number of hydrogen-bond acceptors (Lipinski definition) is 9. The van der Waals surface area contributed by atoms with Crippen LogP contribution < -0.4 is 21.7 Å². The standard InChI is InChI=1S/C42H58F2N6O8S/c1-42(2,3)41(35-24-31(33-25-32(43)10-11-34(33)44)28-49(35)27-30-8-5-4-6-9-30)50(18-7-15-45)39(54)29-59-23-14-37(52)46-16-19-57-21-22-58-20-17-47-38(53)26-48-36(51)12-13-40(55)56/h4-6,8-11,24-25,28,41H,7,12-23,26-27,29,45H2,1-3H3,(H,46,52)(H,47,53)(H,48,51)(H,55,56)/t41-/m0/s1. The second-order valence-electron chi connectivity index (χ2n) is 14.8. The molecule has 4 amide bonds. The van der Waals surface area contributed by atoms with Crippen molar-refractivity contribution in [1.82, 2.24) is 25.4 Å². The van der Waals surface area contributed by atoms with Crippen LogP contribution in [-0.2, 0) is 40.0 Å². The fourth-order valence-electron chi connectivity index (χ4n) is 6.16. The highest BCUT2D eigenvalue weighted by Crippen LogP contribution is 2.41. The summed E-state index contributed by atoms with van der Waals surface area (Å²) in [6.45, 7) is 8.64. The molecule has 2 aromatic carbocycles. The van der Waals surface area contributed by atoms with Crippen LogP contribution in [0.4, 0.5) is 8.78 Å². The predicted molar refractivity (Wildman–Crippen MR) is 222 cm³/mol. The van der Waals surface area contributed by atoms with Crippen molar-refractivity contribution in [2.75, 3.05) is 70.7 Å². The Morgan fingerprint density at radius 1 is 0.864 bits per heavy atom. The number of nitrogens with one attached hydrogen (secondary N) is 3. The first-order valence-electron chi connectivity index (χ1n) is 19.6. The van der Waals surface area contributed by atoms with E-state index >= 15 is 4.39 Å². The van der Waals surface area contributed by atoms with Crippen LogP contribution in [0.3, 0.4) is 0 Å². The van der Waals surface area contributed by atoms with Gasteiger partial charge in [-0.25, -0.2) is 8.78 Å². The van der Waals surface area contributed by atoms with E-state index in [1.165, 1.54) is 17.8 Å². The maximum absolute atomic E-state index is 15.1. The Kier molecular flexibility index (Phi) is 21.1. The summed E-state index contributed by atoms with van der Waals surface area (Å²) in [4.78, 5) is 62.1. The summed E-state index contributed by atoms with van der Waals surface area (Å²) in [5.74, 6) is -2.88. The molecule has 3 aromatic rings. The Hall–Kier alpha value is -4.84. The number of thioether (sulfide) groups is 1. The van der Waals surface area contributed by atoms with Crippen molar-refractivity contribution in [3.63, 3.8) is 0 Å². The zero-order valence-electron chi connectivity index (χ0n) is 34.1. The molecule has 3 rings (SSSR count). The van der Waals surface area contributed by atoms with Gasteiger partial charge >= 0.3 is 5.97 Å². The highest BCUT2D eigenvalue weighted by atomic mass is 32.2. The molecule has 14 nitrogen and oxygen atoms in total. The van der Waals surface area contributed by atoms with Crippen molar-refractivity contribution in [2.24, 2.45) is 11.1 Å². The van der Waals surface area contributed by atoms with E-state index in [1.54, 1.807) is 0 Å². The zero-order chi connectivity index (χ0) is 43.2. The molecule has 6 N–H and O–H groups in total. The number of halogens is 2. The molecule has 0 aliphatic rings. The molecule has 0 saturated carbocycles. The first kappa shape index (κ1) is 48.5. The smallest absolute Gasteiger partial charge is 0.303 e. The number of benzene rings is 2. The van der Waals surface area contributed by atoms with Gasteiger partial charge < -0.3 is 45.7 Å². The van der Waals surface area contributed by atoms with E-state index < -0.39 is 40.9 Å². The molecular formula is C42H58F2N6O8S. The van der Waals surface area contributed by atoms with Crippen molar-refractivity contribution >= 4 is 41.4 Å². The lowest BCUT2D eigenvalue weighted by atomic mass is 9.83. The summed E-state index contributed by atoms with van der Waals surface area (Å²) in [6.07, 6.45) is 2.06. The lowest BCUT2D eigenvalue weighted by Gasteiger charge is -2.41. The fraction of sp³-hybridized carbons (Fsp3) is 0.500. The average molecular weight is 845 g/mol. The lowest BCUT2D eigenvalue weighted by Crippen LogP contribution is -2.44. The van der Waals surface area contributed by atoms with Crippen molar-refractivity contribution in [3.8, 4) is 11.1 Å². The molecule has 0 radical (unpaired) electrons. The highest BCUT2D eigenvalue weighted by molar-refractivity contribution is 7.99. The maximum Gasteiger partial charge on any atom is 0.303 e. The molecule has 1 aromatic heterocycles. The van der Waals surface area contributed by atoms with E-state index in [4.69, 9.17) is 20.3 Å². The molecule has 0 aliphatic heterocycles. The Bertz CT molecular complexity index is 1810. The molecule has 0 spiro atoms. The minimum Gasteiger partial charge on any atom is -0.481 e. The molecule has 1 atom stereocenters. The summed E-state index contributed by atoms with van der Waals surface area (Å²) in [6, 6.07) is 14.6. The van der Waals surface area contributed by atoms with Crippen LogP contribution in [0.15, 0.2) is 60.8 Å². The second-order valence-corrected chi connectivity index (χ2v) is 15.9. The molecule has 324 valence electrons. The molecule has 17 heteroatoms. The van der Waals surface area contributed by atoms with E-state index in [-0.39, 0.29) is 81.9 Å². The van der Waals surface area contributed by atoms with Gasteiger partial charge in [0.2, 0.25) is 23.6 Å². The fourth-order valence-corrected chi connectivity index (χ4v) is 6.98. The van der Waals surface area contributed by atoms with Crippen molar-refractivity contribution in [3.05, 3.63) is 83.7 Å². The van der Waals surface area contributed by atoms with Crippen LogP contribution in [0.5, 0.6) is 0 Å². The first-order chi connectivity index (χ1) is 28.2. The predicted octanol–water partition coefficient (Wildman–Crippen LogP) is 4.12. The second kappa shape index (κ2) is 25.6. The number of carbonyl (C=O) groups is 5. The van der Waals surface area contributed by atoms with Crippen LogP contribution in [0.1, 0.15) is 63.8 Å². The third kappa shape index (κ3) is 17.9. The number of carboxylic acid groups (broad SMARTS) is 1. The van der Waals surface area contributed by atoms with Gasteiger partial charge in [0.05, 0.1) is 51.2 Å². The summed E-state index contributed by atoms with van der Waals surface area (Å²) in [7, 11) is 0. The Labute approximate surface area is 348 Å². The number of ether oxygens (including phenoxy) is 2. The van der Waals surface area contributed by atoms with Crippen molar-refractivity contribution in [2.45, 2.75) is 59.0 Å². The third-order valence-electron chi connectivity index (χ3n) is 8.92. The van der Waals surface area contributed by atoms with E-state index in [1.807, 2.05) is 72.8 Å². The van der Waals surface area contributed by atoms with Gasteiger partial charge in [-0.1, -0.05) is 51.1 Å². The van der Waals surface area contributed by atoms with E-state index in [0.29, 0.717) is 43.9 Å². The number of aromatic nitrogens is 1. The first-order valence-corrected chi connectivity index (χ1v) is 20.8. The third-order valence-corrected chi connectivity index (χ3v) is 9.86. The lowest BCUT2D eigenvalue weighted by molar-refractivity contribution is -0.139. The Morgan fingerprint density at radius 3 is 2.17 bits per heavy atom. The van der Waals surface area contributed by atoms with Crippen LogP contribution in [0.25, 0.3) is 11.1 Å². The molecule has 0 aliphatic carbocycles. The molecule has 0 fully saturated rings. The number of carboxylic acids is 1. The summed E-state index contributed by atoms with van der Waals surface area (Å²) in [5.41, 5.74) is 7.89. The molecule has 1 heterocycles. The van der Waals surface area contributed by atoms with Crippen LogP contribution >= 0.6 is 11.8 Å². The van der Waals surface area contributed by atoms with Crippen LogP contribution in [0, 0.1) is 17.0 Å². The van der Waals surface area contributed by atoms with Gasteiger partial charge in [0.15, 0.2) is 0 Å². The largest absolute Gasteiger partial charge is 0.481 e. The number of amides is 4. The van der Waals surface area contributed by atoms with Gasteiger partial charge in [-0.2, -0.15) is 11.8 Å². The van der Waals surface area contributed by atoms with Gasteiger partial charge in [-0.05, 0) is 48.2 Å². The molecule has 0 bridgehead atoms. The Balaban J connectivity index is 1.47. The normalized spacial score (nSPS) is 11.8.